The Morgan fingerprint density at radius 1 is 1.32 bits per heavy atom. The summed E-state index contributed by atoms with van der Waals surface area (Å²) >= 11 is 7.78. The zero-order chi connectivity index (χ0) is 16.1. The van der Waals surface area contributed by atoms with E-state index in [1.54, 1.807) is 18.2 Å². The second-order valence-corrected chi connectivity index (χ2v) is 8.49. The van der Waals surface area contributed by atoms with Crippen molar-refractivity contribution in [3.63, 3.8) is 0 Å². The average molecular weight is 366 g/mol. The van der Waals surface area contributed by atoms with E-state index in [2.05, 4.69) is 4.72 Å². The Kier molecular flexibility index (Phi) is 6.55. The van der Waals surface area contributed by atoms with Crippen LogP contribution >= 0.6 is 23.4 Å². The Balaban J connectivity index is 2.09. The van der Waals surface area contributed by atoms with E-state index < -0.39 is 15.6 Å². The van der Waals surface area contributed by atoms with E-state index in [0.717, 1.165) is 24.3 Å². The standard InChI is InChI=1S/C14H20ClNO4S2/c15-12-3-1-2-4-13(12)22(18,19)16-11-14(20-8-7-17)5-9-21-10-6-14/h1-4,16-17H,5-11H2. The number of hydrogen-bond acceptors (Lipinski definition) is 5. The summed E-state index contributed by atoms with van der Waals surface area (Å²) in [5.74, 6) is 1.83. The molecule has 0 spiro atoms. The van der Waals surface area contributed by atoms with E-state index in [4.69, 9.17) is 21.4 Å². The second-order valence-electron chi connectivity index (χ2n) is 5.12. The molecule has 1 fully saturated rings. The smallest absolute Gasteiger partial charge is 0.242 e. The predicted octanol–water partition coefficient (Wildman–Crippen LogP) is 1.89. The van der Waals surface area contributed by atoms with Gasteiger partial charge in [0.15, 0.2) is 0 Å². The van der Waals surface area contributed by atoms with Gasteiger partial charge < -0.3 is 9.84 Å². The number of benzene rings is 1. The number of hydrogen-bond donors (Lipinski definition) is 2. The van der Waals surface area contributed by atoms with E-state index in [0.29, 0.717) is 0 Å². The third-order valence-corrected chi connectivity index (χ3v) is 6.50. The highest BCUT2D eigenvalue weighted by Crippen LogP contribution is 2.30. The van der Waals surface area contributed by atoms with Gasteiger partial charge in [-0.25, -0.2) is 13.1 Å². The lowest BCUT2D eigenvalue weighted by Crippen LogP contribution is -2.48. The lowest BCUT2D eigenvalue weighted by molar-refractivity contribution is -0.0591. The molecule has 2 rings (SSSR count). The summed E-state index contributed by atoms with van der Waals surface area (Å²) in [5, 5.41) is 9.16. The van der Waals surface area contributed by atoms with E-state index >= 15 is 0 Å². The summed E-state index contributed by atoms with van der Waals surface area (Å²) in [6.07, 6.45) is 1.51. The molecular weight excluding hydrogens is 346 g/mol. The van der Waals surface area contributed by atoms with Crippen molar-refractivity contribution in [2.24, 2.45) is 0 Å². The summed E-state index contributed by atoms with van der Waals surface area (Å²) in [6, 6.07) is 6.34. The van der Waals surface area contributed by atoms with E-state index in [1.807, 2.05) is 11.8 Å². The van der Waals surface area contributed by atoms with Crippen molar-refractivity contribution >= 4 is 33.4 Å². The Morgan fingerprint density at radius 2 is 2.00 bits per heavy atom. The molecule has 0 bridgehead atoms. The highest BCUT2D eigenvalue weighted by molar-refractivity contribution is 7.99. The van der Waals surface area contributed by atoms with E-state index in [1.165, 1.54) is 6.07 Å². The third-order valence-electron chi connectivity index (χ3n) is 3.61. The minimum absolute atomic E-state index is 0.0687. The molecule has 22 heavy (non-hydrogen) atoms. The number of ether oxygens (including phenoxy) is 1. The van der Waals surface area contributed by atoms with Crippen LogP contribution in [0.15, 0.2) is 29.2 Å². The van der Waals surface area contributed by atoms with Crippen LogP contribution in [0.1, 0.15) is 12.8 Å². The molecule has 1 aromatic rings. The molecule has 1 heterocycles. The van der Waals surface area contributed by atoms with Gasteiger partial charge in [-0.15, -0.1) is 0 Å². The lowest BCUT2D eigenvalue weighted by Gasteiger charge is -2.37. The molecule has 1 aliphatic heterocycles. The van der Waals surface area contributed by atoms with Crippen LogP contribution in [-0.4, -0.2) is 50.4 Å². The minimum Gasteiger partial charge on any atom is -0.394 e. The first-order valence-corrected chi connectivity index (χ1v) is 10.1. The van der Waals surface area contributed by atoms with Gasteiger partial charge in [0.05, 0.1) is 23.8 Å². The SMILES string of the molecule is O=S(=O)(NCC1(OCCO)CCSCC1)c1ccccc1Cl. The van der Waals surface area contributed by atoms with Crippen LogP contribution in [0, 0.1) is 0 Å². The molecule has 8 heteroatoms. The van der Waals surface area contributed by atoms with E-state index in [9.17, 15) is 8.42 Å². The summed E-state index contributed by atoms with van der Waals surface area (Å²) in [7, 11) is -3.68. The lowest BCUT2D eigenvalue weighted by atomic mass is 9.97. The zero-order valence-corrected chi connectivity index (χ0v) is 14.5. The minimum atomic E-state index is -3.68. The Morgan fingerprint density at radius 3 is 2.64 bits per heavy atom. The van der Waals surface area contributed by atoms with Crippen molar-refractivity contribution in [3.8, 4) is 0 Å². The number of nitrogens with one attached hydrogen (secondary N) is 1. The zero-order valence-electron chi connectivity index (χ0n) is 12.1. The third kappa shape index (κ3) is 4.59. The second kappa shape index (κ2) is 7.99. The number of aliphatic hydroxyl groups excluding tert-OH is 1. The number of aliphatic hydroxyl groups is 1. The van der Waals surface area contributed by atoms with Crippen molar-refractivity contribution in [2.75, 3.05) is 31.3 Å². The molecule has 1 aliphatic rings. The number of thioether (sulfide) groups is 1. The maximum atomic E-state index is 12.4. The van der Waals surface area contributed by atoms with Crippen molar-refractivity contribution in [1.29, 1.82) is 0 Å². The molecule has 1 saturated heterocycles. The molecule has 1 aromatic carbocycles. The number of sulfonamides is 1. The molecule has 0 unspecified atom stereocenters. The van der Waals surface area contributed by atoms with Crippen molar-refractivity contribution in [2.45, 2.75) is 23.3 Å². The number of halogens is 1. The molecular formula is C14H20ClNO4S2. The van der Waals surface area contributed by atoms with Crippen molar-refractivity contribution < 1.29 is 18.3 Å². The fourth-order valence-electron chi connectivity index (χ4n) is 2.34. The summed E-state index contributed by atoms with van der Waals surface area (Å²) in [6.45, 7) is 0.311. The van der Waals surface area contributed by atoms with Crippen LogP contribution in [0.25, 0.3) is 0 Å². The van der Waals surface area contributed by atoms with Crippen LogP contribution in [-0.2, 0) is 14.8 Å². The molecule has 0 aliphatic carbocycles. The fourth-order valence-corrected chi connectivity index (χ4v) is 5.21. The molecule has 5 nitrogen and oxygen atoms in total. The normalized spacial score (nSPS) is 18.3. The average Bonchev–Trinajstić information content (AvgIpc) is 2.53. The predicted molar refractivity (Wildman–Crippen MR) is 89.0 cm³/mol. The summed E-state index contributed by atoms with van der Waals surface area (Å²) in [4.78, 5) is 0.0687. The Bertz CT molecular complexity index is 588. The van der Waals surface area contributed by atoms with Gasteiger partial charge in [0.25, 0.3) is 0 Å². The van der Waals surface area contributed by atoms with Crippen LogP contribution < -0.4 is 4.72 Å². The first-order chi connectivity index (χ1) is 10.5. The first kappa shape index (κ1) is 18.0. The van der Waals surface area contributed by atoms with Gasteiger partial charge in [-0.1, -0.05) is 23.7 Å². The van der Waals surface area contributed by atoms with Gasteiger partial charge in [0.1, 0.15) is 4.90 Å². The highest BCUT2D eigenvalue weighted by atomic mass is 35.5. The van der Waals surface area contributed by atoms with Gasteiger partial charge in [-0.3, -0.25) is 0 Å². The van der Waals surface area contributed by atoms with Gasteiger partial charge in [-0.05, 0) is 36.5 Å². The van der Waals surface area contributed by atoms with Crippen LogP contribution in [0.4, 0.5) is 0 Å². The monoisotopic (exact) mass is 365 g/mol. The molecule has 0 radical (unpaired) electrons. The summed E-state index contributed by atoms with van der Waals surface area (Å²) < 4.78 is 33.2. The fraction of sp³-hybridized carbons (Fsp3) is 0.571. The van der Waals surface area contributed by atoms with Crippen molar-refractivity contribution in [3.05, 3.63) is 29.3 Å². The van der Waals surface area contributed by atoms with Gasteiger partial charge >= 0.3 is 0 Å². The van der Waals surface area contributed by atoms with Crippen molar-refractivity contribution in [1.82, 2.24) is 4.72 Å². The number of rotatable bonds is 7. The first-order valence-electron chi connectivity index (χ1n) is 7.06. The van der Waals surface area contributed by atoms with Crippen LogP contribution in [0.2, 0.25) is 5.02 Å². The molecule has 0 saturated carbocycles. The molecule has 0 atom stereocenters. The largest absolute Gasteiger partial charge is 0.394 e. The van der Waals surface area contributed by atoms with Gasteiger partial charge in [0, 0.05) is 6.54 Å². The summed E-state index contributed by atoms with van der Waals surface area (Å²) in [5.41, 5.74) is -0.553. The maximum absolute atomic E-state index is 12.4. The molecule has 0 aromatic heterocycles. The molecule has 2 N–H and O–H groups in total. The highest BCUT2D eigenvalue weighted by Gasteiger charge is 2.35. The Labute approximate surface area is 140 Å². The molecule has 0 amide bonds. The quantitative estimate of drug-likeness (QED) is 0.771. The van der Waals surface area contributed by atoms with Crippen LogP contribution in [0.3, 0.4) is 0 Å². The van der Waals surface area contributed by atoms with Crippen LogP contribution in [0.5, 0.6) is 0 Å². The van der Waals surface area contributed by atoms with Gasteiger partial charge in [0.2, 0.25) is 10.0 Å². The van der Waals surface area contributed by atoms with Gasteiger partial charge in [-0.2, -0.15) is 11.8 Å². The topological polar surface area (TPSA) is 75.6 Å². The maximum Gasteiger partial charge on any atom is 0.242 e. The van der Waals surface area contributed by atoms with E-state index in [-0.39, 0.29) is 29.7 Å². The Hall–Kier alpha value is -0.310. The molecule has 124 valence electrons.